The van der Waals surface area contributed by atoms with Crippen LogP contribution >= 0.6 is 11.6 Å². The number of hydrogen-bond acceptors (Lipinski definition) is 2. The molecule has 0 spiro atoms. The van der Waals surface area contributed by atoms with Gasteiger partial charge in [0.25, 0.3) is 0 Å². The summed E-state index contributed by atoms with van der Waals surface area (Å²) in [5.74, 6) is -0.356. The summed E-state index contributed by atoms with van der Waals surface area (Å²) in [5, 5.41) is 11.1. The van der Waals surface area contributed by atoms with Crippen molar-refractivity contribution < 1.29 is 14.2 Å². The van der Waals surface area contributed by atoms with Crippen molar-refractivity contribution in [1.82, 2.24) is 0 Å². The third kappa shape index (κ3) is 3.28. The van der Waals surface area contributed by atoms with Gasteiger partial charge in [-0.05, 0) is 31.9 Å². The molecule has 1 saturated heterocycles. The summed E-state index contributed by atoms with van der Waals surface area (Å²) in [6.45, 7) is 4.51. The normalized spacial score (nSPS) is 31.4. The van der Waals surface area contributed by atoms with Gasteiger partial charge in [0, 0.05) is 23.4 Å². The number of benzene rings is 1. The highest BCUT2D eigenvalue weighted by Crippen LogP contribution is 2.37. The van der Waals surface area contributed by atoms with Gasteiger partial charge in [-0.2, -0.15) is 0 Å². The second kappa shape index (κ2) is 5.39. The fourth-order valence-corrected chi connectivity index (χ4v) is 2.96. The monoisotopic (exact) mass is 286 g/mol. The third-order valence-electron chi connectivity index (χ3n) is 4.04. The Bertz CT molecular complexity index is 445. The fraction of sp³-hybridized carbons (Fsp3) is 0.600. The first-order chi connectivity index (χ1) is 8.87. The van der Waals surface area contributed by atoms with Crippen LogP contribution in [0.1, 0.15) is 38.7 Å². The van der Waals surface area contributed by atoms with Crippen molar-refractivity contribution in [3.05, 3.63) is 34.6 Å². The van der Waals surface area contributed by atoms with Crippen molar-refractivity contribution in [2.24, 2.45) is 0 Å². The third-order valence-corrected chi connectivity index (χ3v) is 4.39. The largest absolute Gasteiger partial charge is 0.389 e. The van der Waals surface area contributed by atoms with Crippen LogP contribution in [-0.2, 0) is 11.2 Å². The molecule has 2 nitrogen and oxygen atoms in total. The van der Waals surface area contributed by atoms with Gasteiger partial charge in [-0.25, -0.2) is 4.39 Å². The maximum absolute atomic E-state index is 13.8. The highest BCUT2D eigenvalue weighted by atomic mass is 35.5. The van der Waals surface area contributed by atoms with Gasteiger partial charge in [-0.3, -0.25) is 0 Å². The second-order valence-corrected chi connectivity index (χ2v) is 6.09. The Hall–Kier alpha value is -0.640. The van der Waals surface area contributed by atoms with Gasteiger partial charge < -0.3 is 9.84 Å². The number of rotatable bonds is 3. The standard InChI is InChI=1S/C15H20ClFO2/c1-3-14(2)10-15(18,7-8-19-14)9-11-12(16)5-4-6-13(11)17/h4-6,18H,3,7-10H2,1-2H3. The first-order valence-corrected chi connectivity index (χ1v) is 7.04. The quantitative estimate of drug-likeness (QED) is 0.917. The molecule has 1 heterocycles. The summed E-state index contributed by atoms with van der Waals surface area (Å²) in [4.78, 5) is 0. The molecule has 0 bridgehead atoms. The smallest absolute Gasteiger partial charge is 0.127 e. The van der Waals surface area contributed by atoms with E-state index in [1.54, 1.807) is 12.1 Å². The predicted octanol–water partition coefficient (Wildman–Crippen LogP) is 3.73. The van der Waals surface area contributed by atoms with Crippen LogP contribution in [0.15, 0.2) is 18.2 Å². The summed E-state index contributed by atoms with van der Waals surface area (Å²) in [7, 11) is 0. The molecular formula is C15H20ClFO2. The minimum Gasteiger partial charge on any atom is -0.389 e. The highest BCUT2D eigenvalue weighted by molar-refractivity contribution is 6.31. The molecule has 0 amide bonds. The lowest BCUT2D eigenvalue weighted by Gasteiger charge is -2.43. The molecule has 1 aliphatic rings. The average molecular weight is 287 g/mol. The van der Waals surface area contributed by atoms with Crippen molar-refractivity contribution in [2.45, 2.75) is 50.7 Å². The fourth-order valence-electron chi connectivity index (χ4n) is 2.73. The molecule has 1 fully saturated rings. The van der Waals surface area contributed by atoms with Crippen LogP contribution in [0.5, 0.6) is 0 Å². The Kier molecular flexibility index (Phi) is 4.19. The van der Waals surface area contributed by atoms with Crippen LogP contribution in [0.3, 0.4) is 0 Å². The predicted molar refractivity (Wildman–Crippen MR) is 73.9 cm³/mol. The van der Waals surface area contributed by atoms with E-state index in [0.717, 1.165) is 6.42 Å². The molecule has 0 saturated carbocycles. The Morgan fingerprint density at radius 3 is 2.84 bits per heavy atom. The summed E-state index contributed by atoms with van der Waals surface area (Å²) in [5.41, 5.74) is -0.897. The highest BCUT2D eigenvalue weighted by Gasteiger charge is 2.41. The zero-order valence-electron chi connectivity index (χ0n) is 11.4. The van der Waals surface area contributed by atoms with Crippen LogP contribution in [0.4, 0.5) is 4.39 Å². The SMILES string of the molecule is CCC1(C)CC(O)(Cc2c(F)cccc2Cl)CCO1. The van der Waals surface area contributed by atoms with Crippen molar-refractivity contribution in [3.63, 3.8) is 0 Å². The molecule has 0 aromatic heterocycles. The molecule has 1 aliphatic heterocycles. The van der Waals surface area contributed by atoms with Gasteiger partial charge in [0.15, 0.2) is 0 Å². The topological polar surface area (TPSA) is 29.5 Å². The molecular weight excluding hydrogens is 267 g/mol. The molecule has 0 aliphatic carbocycles. The first kappa shape index (κ1) is 14.8. The molecule has 106 valence electrons. The molecule has 1 aromatic rings. The number of aliphatic hydroxyl groups is 1. The minimum atomic E-state index is -0.950. The Morgan fingerprint density at radius 1 is 1.47 bits per heavy atom. The van der Waals surface area contributed by atoms with Crippen LogP contribution in [0.2, 0.25) is 5.02 Å². The number of hydrogen-bond donors (Lipinski definition) is 1. The van der Waals surface area contributed by atoms with Crippen molar-refractivity contribution in [2.75, 3.05) is 6.61 Å². The zero-order valence-corrected chi connectivity index (χ0v) is 12.1. The van der Waals surface area contributed by atoms with Gasteiger partial charge in [0.05, 0.1) is 17.8 Å². The Morgan fingerprint density at radius 2 is 2.21 bits per heavy atom. The van der Waals surface area contributed by atoms with E-state index in [0.29, 0.717) is 30.0 Å². The van der Waals surface area contributed by atoms with Gasteiger partial charge in [0.2, 0.25) is 0 Å². The first-order valence-electron chi connectivity index (χ1n) is 6.67. The van der Waals surface area contributed by atoms with Crippen molar-refractivity contribution in [1.29, 1.82) is 0 Å². The van der Waals surface area contributed by atoms with Crippen LogP contribution in [-0.4, -0.2) is 22.9 Å². The molecule has 2 unspecified atom stereocenters. The lowest BCUT2D eigenvalue weighted by Crippen LogP contribution is -2.48. The zero-order chi connectivity index (χ0) is 14.1. The Balaban J connectivity index is 2.22. The summed E-state index contributed by atoms with van der Waals surface area (Å²) in [6, 6.07) is 4.61. The van der Waals surface area contributed by atoms with Crippen molar-refractivity contribution in [3.8, 4) is 0 Å². The van der Waals surface area contributed by atoms with Crippen LogP contribution < -0.4 is 0 Å². The van der Waals surface area contributed by atoms with Crippen molar-refractivity contribution >= 4 is 11.6 Å². The Labute approximate surface area is 118 Å². The second-order valence-electron chi connectivity index (χ2n) is 5.68. The number of halogens is 2. The van der Waals surface area contributed by atoms with E-state index < -0.39 is 5.60 Å². The summed E-state index contributed by atoms with van der Waals surface area (Å²) >= 11 is 6.03. The number of ether oxygens (including phenoxy) is 1. The summed E-state index contributed by atoms with van der Waals surface area (Å²) < 4.78 is 19.5. The minimum absolute atomic E-state index is 0.234. The van der Waals surface area contributed by atoms with E-state index in [1.807, 2.05) is 13.8 Å². The van der Waals surface area contributed by atoms with E-state index in [-0.39, 0.29) is 17.8 Å². The summed E-state index contributed by atoms with van der Waals surface area (Å²) in [6.07, 6.45) is 2.06. The van der Waals surface area contributed by atoms with Gasteiger partial charge in [-0.1, -0.05) is 24.6 Å². The maximum Gasteiger partial charge on any atom is 0.127 e. The molecule has 1 N–H and O–H groups in total. The van der Waals surface area contributed by atoms with Crippen LogP contribution in [0, 0.1) is 5.82 Å². The average Bonchev–Trinajstić information content (AvgIpc) is 2.34. The van der Waals surface area contributed by atoms with E-state index in [1.165, 1.54) is 6.07 Å². The molecule has 2 atom stereocenters. The van der Waals surface area contributed by atoms with E-state index in [4.69, 9.17) is 16.3 Å². The van der Waals surface area contributed by atoms with Gasteiger partial charge in [0.1, 0.15) is 5.82 Å². The molecule has 1 aromatic carbocycles. The molecule has 4 heteroatoms. The molecule has 0 radical (unpaired) electrons. The lowest BCUT2D eigenvalue weighted by atomic mass is 9.78. The lowest BCUT2D eigenvalue weighted by molar-refractivity contribution is -0.153. The van der Waals surface area contributed by atoms with E-state index in [9.17, 15) is 9.50 Å². The van der Waals surface area contributed by atoms with Gasteiger partial charge >= 0.3 is 0 Å². The van der Waals surface area contributed by atoms with E-state index in [2.05, 4.69) is 0 Å². The van der Waals surface area contributed by atoms with E-state index >= 15 is 0 Å². The molecule has 2 rings (SSSR count). The van der Waals surface area contributed by atoms with Gasteiger partial charge in [-0.15, -0.1) is 0 Å². The maximum atomic E-state index is 13.8. The van der Waals surface area contributed by atoms with Crippen LogP contribution in [0.25, 0.3) is 0 Å². The molecule has 19 heavy (non-hydrogen) atoms.